The van der Waals surface area contributed by atoms with Gasteiger partial charge >= 0.3 is 12.1 Å². The molecule has 0 bridgehead atoms. The molecule has 0 radical (unpaired) electrons. The lowest BCUT2D eigenvalue weighted by Crippen LogP contribution is -2.41. The highest BCUT2D eigenvalue weighted by atomic mass is 32.2. The van der Waals surface area contributed by atoms with Crippen molar-refractivity contribution in [2.24, 2.45) is 0 Å². The molecule has 0 aliphatic carbocycles. The van der Waals surface area contributed by atoms with Crippen molar-refractivity contribution in [2.45, 2.75) is 17.2 Å². The number of hydrogen-bond donors (Lipinski definition) is 2. The van der Waals surface area contributed by atoms with Gasteiger partial charge in [0.25, 0.3) is 0 Å². The average Bonchev–Trinajstić information content (AvgIpc) is 2.33. The Kier molecular flexibility index (Phi) is 5.49. The lowest BCUT2D eigenvalue weighted by Gasteiger charge is -2.12. The summed E-state index contributed by atoms with van der Waals surface area (Å²) in [5.41, 5.74) is 0. The third-order valence-electron chi connectivity index (χ3n) is 1.94. The summed E-state index contributed by atoms with van der Waals surface area (Å²) in [6.07, 6.45) is -5.94. The lowest BCUT2D eigenvalue weighted by molar-refractivity contribution is -0.173. The van der Waals surface area contributed by atoms with E-state index in [0.29, 0.717) is 0 Å². The second-order valence-electron chi connectivity index (χ2n) is 3.49. The zero-order valence-electron chi connectivity index (χ0n) is 9.28. The maximum absolute atomic E-state index is 11.9. The van der Waals surface area contributed by atoms with Gasteiger partial charge in [0.1, 0.15) is 0 Å². The van der Waals surface area contributed by atoms with Gasteiger partial charge in [-0.15, -0.1) is 11.8 Å². The van der Waals surface area contributed by atoms with Crippen molar-refractivity contribution in [1.82, 2.24) is 5.32 Å². The number of amides is 1. The first-order valence-electron chi connectivity index (χ1n) is 5.10. The maximum Gasteiger partial charge on any atom is 0.471 e. The highest BCUT2D eigenvalue weighted by Gasteiger charge is 2.38. The SMILES string of the molecule is O=C(NCC(O)CSc1ccccc1)C(F)(F)F. The summed E-state index contributed by atoms with van der Waals surface area (Å²) in [5, 5.41) is 11.1. The zero-order valence-corrected chi connectivity index (χ0v) is 10.1. The number of hydrogen-bond acceptors (Lipinski definition) is 3. The minimum absolute atomic E-state index is 0.210. The van der Waals surface area contributed by atoms with Crippen LogP contribution >= 0.6 is 11.8 Å². The number of carbonyl (C=O) groups is 1. The number of rotatable bonds is 5. The number of nitrogens with one attached hydrogen (secondary N) is 1. The van der Waals surface area contributed by atoms with Crippen LogP contribution in [0.3, 0.4) is 0 Å². The fraction of sp³-hybridized carbons (Fsp3) is 0.364. The molecule has 1 rings (SSSR count). The Hall–Kier alpha value is -1.21. The largest absolute Gasteiger partial charge is 0.471 e. The van der Waals surface area contributed by atoms with Crippen molar-refractivity contribution in [3.63, 3.8) is 0 Å². The van der Waals surface area contributed by atoms with Crippen LogP contribution in [0.15, 0.2) is 35.2 Å². The number of aliphatic hydroxyl groups excluding tert-OH is 1. The summed E-state index contributed by atoms with van der Waals surface area (Å²) < 4.78 is 35.6. The molecule has 1 aromatic rings. The maximum atomic E-state index is 11.9. The molecular weight excluding hydrogens is 267 g/mol. The molecule has 0 saturated carbocycles. The third kappa shape index (κ3) is 5.42. The van der Waals surface area contributed by atoms with Crippen LogP contribution in [-0.4, -0.2) is 35.6 Å². The van der Waals surface area contributed by atoms with Crippen LogP contribution in [-0.2, 0) is 4.79 Å². The molecule has 1 aromatic carbocycles. The molecule has 1 unspecified atom stereocenters. The normalized spacial score (nSPS) is 13.1. The minimum atomic E-state index is -4.91. The zero-order chi connectivity index (χ0) is 13.6. The topological polar surface area (TPSA) is 49.3 Å². The van der Waals surface area contributed by atoms with Crippen molar-refractivity contribution >= 4 is 17.7 Å². The fourth-order valence-corrected chi connectivity index (χ4v) is 1.93. The van der Waals surface area contributed by atoms with Gasteiger partial charge in [-0.3, -0.25) is 4.79 Å². The van der Waals surface area contributed by atoms with Crippen LogP contribution in [0.1, 0.15) is 0 Å². The van der Waals surface area contributed by atoms with Crippen molar-refractivity contribution in [3.8, 4) is 0 Å². The summed E-state index contributed by atoms with van der Waals surface area (Å²) in [6, 6.07) is 9.13. The van der Waals surface area contributed by atoms with E-state index in [4.69, 9.17) is 0 Å². The Morgan fingerprint density at radius 1 is 1.33 bits per heavy atom. The van der Waals surface area contributed by atoms with Crippen LogP contribution in [0.25, 0.3) is 0 Å². The minimum Gasteiger partial charge on any atom is -0.390 e. The molecule has 3 nitrogen and oxygen atoms in total. The predicted molar refractivity (Wildman–Crippen MR) is 62.2 cm³/mol. The second kappa shape index (κ2) is 6.65. The summed E-state index contributed by atoms with van der Waals surface area (Å²) in [7, 11) is 0. The number of benzene rings is 1. The molecule has 2 N–H and O–H groups in total. The third-order valence-corrected chi connectivity index (χ3v) is 3.10. The van der Waals surface area contributed by atoms with Crippen LogP contribution < -0.4 is 5.32 Å². The summed E-state index contributed by atoms with van der Waals surface area (Å²) >= 11 is 1.31. The van der Waals surface area contributed by atoms with Gasteiger partial charge in [0.15, 0.2) is 0 Å². The van der Waals surface area contributed by atoms with Crippen LogP contribution in [0.5, 0.6) is 0 Å². The van der Waals surface area contributed by atoms with Gasteiger partial charge in [0.05, 0.1) is 6.10 Å². The van der Waals surface area contributed by atoms with Crippen molar-refractivity contribution in [1.29, 1.82) is 0 Å². The van der Waals surface area contributed by atoms with E-state index in [1.54, 1.807) is 5.32 Å². The molecule has 0 heterocycles. The number of thioether (sulfide) groups is 1. The molecule has 0 aliphatic heterocycles. The smallest absolute Gasteiger partial charge is 0.390 e. The van der Waals surface area contributed by atoms with Crippen molar-refractivity contribution < 1.29 is 23.1 Å². The van der Waals surface area contributed by atoms with Gasteiger partial charge in [0.2, 0.25) is 0 Å². The quantitative estimate of drug-likeness (QED) is 0.808. The highest BCUT2D eigenvalue weighted by Crippen LogP contribution is 2.18. The summed E-state index contributed by atoms with van der Waals surface area (Å²) in [4.78, 5) is 11.4. The molecule has 1 amide bonds. The van der Waals surface area contributed by atoms with Crippen molar-refractivity contribution in [3.05, 3.63) is 30.3 Å². The highest BCUT2D eigenvalue weighted by molar-refractivity contribution is 7.99. The van der Waals surface area contributed by atoms with E-state index in [2.05, 4.69) is 0 Å². The second-order valence-corrected chi connectivity index (χ2v) is 4.58. The number of alkyl halides is 3. The van der Waals surface area contributed by atoms with E-state index in [0.717, 1.165) is 4.90 Å². The summed E-state index contributed by atoms with van der Waals surface area (Å²) in [6.45, 7) is -0.418. The van der Waals surface area contributed by atoms with Crippen molar-refractivity contribution in [2.75, 3.05) is 12.3 Å². The average molecular weight is 279 g/mol. The Morgan fingerprint density at radius 3 is 2.50 bits per heavy atom. The number of halogens is 3. The number of carbonyl (C=O) groups excluding carboxylic acids is 1. The van der Waals surface area contributed by atoms with E-state index in [1.807, 2.05) is 30.3 Å². The molecule has 7 heteroatoms. The van der Waals surface area contributed by atoms with Gasteiger partial charge in [-0.05, 0) is 12.1 Å². The van der Waals surface area contributed by atoms with E-state index in [1.165, 1.54) is 11.8 Å². The van der Waals surface area contributed by atoms with Crippen LogP contribution in [0.2, 0.25) is 0 Å². The number of aliphatic hydroxyl groups is 1. The van der Waals surface area contributed by atoms with Crippen LogP contribution in [0.4, 0.5) is 13.2 Å². The van der Waals surface area contributed by atoms with Crippen LogP contribution in [0, 0.1) is 0 Å². The molecule has 0 fully saturated rings. The molecule has 0 spiro atoms. The molecular formula is C11H12F3NO2S. The fourth-order valence-electron chi connectivity index (χ4n) is 1.08. The Bertz CT molecular complexity index is 384. The molecule has 0 aromatic heterocycles. The van der Waals surface area contributed by atoms with Gasteiger partial charge in [-0.2, -0.15) is 13.2 Å². The van der Waals surface area contributed by atoms with Gasteiger partial charge < -0.3 is 10.4 Å². The Labute approximate surface area is 106 Å². The summed E-state index contributed by atoms with van der Waals surface area (Å²) in [5.74, 6) is -1.83. The monoisotopic (exact) mass is 279 g/mol. The standard InChI is InChI=1S/C11H12F3NO2S/c12-11(13,14)10(17)15-6-8(16)7-18-9-4-2-1-3-5-9/h1-5,8,16H,6-7H2,(H,15,17). The van der Waals surface area contributed by atoms with Gasteiger partial charge in [0, 0.05) is 17.2 Å². The molecule has 0 saturated heterocycles. The Morgan fingerprint density at radius 2 is 1.94 bits per heavy atom. The lowest BCUT2D eigenvalue weighted by atomic mass is 10.4. The first-order valence-corrected chi connectivity index (χ1v) is 6.09. The molecule has 100 valence electrons. The molecule has 0 aliphatic rings. The van der Waals surface area contributed by atoms with E-state index < -0.39 is 24.7 Å². The Balaban J connectivity index is 2.26. The van der Waals surface area contributed by atoms with Gasteiger partial charge in [-0.25, -0.2) is 0 Å². The first kappa shape index (κ1) is 14.8. The first-order chi connectivity index (χ1) is 8.39. The molecule has 18 heavy (non-hydrogen) atoms. The van der Waals surface area contributed by atoms with E-state index in [9.17, 15) is 23.1 Å². The molecule has 1 atom stereocenters. The van der Waals surface area contributed by atoms with E-state index in [-0.39, 0.29) is 5.75 Å². The van der Waals surface area contributed by atoms with Gasteiger partial charge in [-0.1, -0.05) is 18.2 Å². The van der Waals surface area contributed by atoms with E-state index >= 15 is 0 Å². The predicted octanol–water partition coefficient (Wildman–Crippen LogP) is 1.82.